The number of aliphatic hydroxyl groups is 1. The van der Waals surface area contributed by atoms with Crippen LogP contribution in [0.5, 0.6) is 0 Å². The Balaban J connectivity index is 2.11. The normalized spacial score (nSPS) is 16.4. The molecule has 1 unspecified atom stereocenters. The molecule has 0 radical (unpaired) electrons. The monoisotopic (exact) mass is 386 g/mol. The molecule has 0 bridgehead atoms. The lowest BCUT2D eigenvalue weighted by Crippen LogP contribution is -2.40. The molecule has 27 heavy (non-hydrogen) atoms. The van der Waals surface area contributed by atoms with Crippen LogP contribution >= 0.6 is 11.6 Å². The van der Waals surface area contributed by atoms with E-state index in [1.807, 2.05) is 30.3 Å². The number of carbonyl (C=O) groups is 2. The van der Waals surface area contributed by atoms with Crippen molar-refractivity contribution in [3.63, 3.8) is 0 Å². The zero-order valence-electron chi connectivity index (χ0n) is 14.8. The molecule has 0 aromatic heterocycles. The molecule has 0 aliphatic carbocycles. The van der Waals surface area contributed by atoms with Crippen molar-refractivity contribution in [2.75, 3.05) is 25.2 Å². The summed E-state index contributed by atoms with van der Waals surface area (Å²) in [5.41, 5.74) is 2.53. The standard InChI is InChI=1S/C20H19ClN2O4/c1-23-16-9-8-14(21)12-15(16)17(13-6-3-2-4-7-13)22-18(19(23)25)20(26)27-11-5-10-24/h2-4,6-9,12,18,24H,5,10-11H2,1H3. The Kier molecular flexibility index (Phi) is 5.88. The molecular formula is C20H19ClN2O4. The van der Waals surface area contributed by atoms with Crippen LogP contribution in [-0.4, -0.2) is 49.0 Å². The average Bonchev–Trinajstić information content (AvgIpc) is 2.78. The van der Waals surface area contributed by atoms with Gasteiger partial charge in [-0.1, -0.05) is 41.9 Å². The quantitative estimate of drug-likeness (QED) is 0.486. The molecule has 1 aliphatic rings. The number of esters is 1. The molecule has 1 heterocycles. The van der Waals surface area contributed by atoms with E-state index in [1.54, 1.807) is 25.2 Å². The Morgan fingerprint density at radius 1 is 1.26 bits per heavy atom. The molecule has 1 aliphatic heterocycles. The number of nitrogens with zero attached hydrogens (tertiary/aromatic N) is 2. The minimum Gasteiger partial charge on any atom is -0.464 e. The first-order chi connectivity index (χ1) is 13.0. The molecule has 1 atom stereocenters. The van der Waals surface area contributed by atoms with Gasteiger partial charge in [0.25, 0.3) is 5.91 Å². The van der Waals surface area contributed by atoms with Crippen LogP contribution in [-0.2, 0) is 14.3 Å². The van der Waals surface area contributed by atoms with E-state index in [9.17, 15) is 9.59 Å². The van der Waals surface area contributed by atoms with Gasteiger partial charge in [-0.3, -0.25) is 9.79 Å². The maximum atomic E-state index is 12.9. The van der Waals surface area contributed by atoms with Crippen LogP contribution in [0.15, 0.2) is 53.5 Å². The van der Waals surface area contributed by atoms with Crippen molar-refractivity contribution in [1.82, 2.24) is 0 Å². The number of hydrogen-bond acceptors (Lipinski definition) is 5. The van der Waals surface area contributed by atoms with Crippen molar-refractivity contribution in [3.05, 3.63) is 64.7 Å². The number of fused-ring (bicyclic) bond motifs is 1. The molecule has 2 aromatic rings. The number of halogens is 1. The maximum Gasteiger partial charge on any atom is 0.340 e. The van der Waals surface area contributed by atoms with Crippen LogP contribution in [0.3, 0.4) is 0 Å². The van der Waals surface area contributed by atoms with Crippen LogP contribution < -0.4 is 4.90 Å². The van der Waals surface area contributed by atoms with Gasteiger partial charge in [-0.2, -0.15) is 0 Å². The summed E-state index contributed by atoms with van der Waals surface area (Å²) in [4.78, 5) is 31.2. The number of rotatable bonds is 5. The van der Waals surface area contributed by atoms with Gasteiger partial charge in [0, 0.05) is 36.2 Å². The molecule has 1 amide bonds. The smallest absolute Gasteiger partial charge is 0.340 e. The van der Waals surface area contributed by atoms with Gasteiger partial charge in [-0.25, -0.2) is 4.79 Å². The first kappa shape index (κ1) is 19.1. The molecule has 0 spiro atoms. The molecular weight excluding hydrogens is 368 g/mol. The predicted molar refractivity (Wildman–Crippen MR) is 103 cm³/mol. The van der Waals surface area contributed by atoms with Crippen LogP contribution in [0.25, 0.3) is 0 Å². The summed E-state index contributed by atoms with van der Waals surface area (Å²) in [7, 11) is 1.59. The Morgan fingerprint density at radius 3 is 2.70 bits per heavy atom. The number of amides is 1. The van der Waals surface area contributed by atoms with Gasteiger partial charge in [0.1, 0.15) is 0 Å². The topological polar surface area (TPSA) is 79.2 Å². The van der Waals surface area contributed by atoms with E-state index in [-0.39, 0.29) is 13.2 Å². The Morgan fingerprint density at radius 2 is 2.00 bits per heavy atom. The number of ether oxygens (including phenoxy) is 1. The average molecular weight is 387 g/mol. The summed E-state index contributed by atoms with van der Waals surface area (Å²) in [6.07, 6.45) is 0.299. The molecule has 2 aromatic carbocycles. The van der Waals surface area contributed by atoms with Crippen molar-refractivity contribution < 1.29 is 19.4 Å². The van der Waals surface area contributed by atoms with Crippen molar-refractivity contribution in [1.29, 1.82) is 0 Å². The fourth-order valence-corrected chi connectivity index (χ4v) is 3.01. The minimum atomic E-state index is -1.32. The predicted octanol–water partition coefficient (Wildman–Crippen LogP) is 2.45. The van der Waals surface area contributed by atoms with Gasteiger partial charge >= 0.3 is 5.97 Å². The van der Waals surface area contributed by atoms with E-state index in [0.717, 1.165) is 5.56 Å². The molecule has 3 rings (SSSR count). The molecule has 6 nitrogen and oxygen atoms in total. The number of carbonyl (C=O) groups excluding carboxylic acids is 2. The zero-order valence-corrected chi connectivity index (χ0v) is 15.5. The SMILES string of the molecule is CN1C(=O)C(C(=O)OCCCO)N=C(c2ccccc2)c2cc(Cl)ccc21. The lowest BCUT2D eigenvalue weighted by molar-refractivity contribution is -0.147. The van der Waals surface area contributed by atoms with Gasteiger partial charge in [0.2, 0.25) is 6.04 Å². The van der Waals surface area contributed by atoms with E-state index in [2.05, 4.69) is 4.99 Å². The fraction of sp³-hybridized carbons (Fsp3) is 0.250. The van der Waals surface area contributed by atoms with Gasteiger partial charge in [0.15, 0.2) is 0 Å². The Hall–Kier alpha value is -2.70. The highest BCUT2D eigenvalue weighted by Crippen LogP contribution is 2.30. The van der Waals surface area contributed by atoms with Gasteiger partial charge < -0.3 is 14.7 Å². The molecule has 1 N–H and O–H groups in total. The van der Waals surface area contributed by atoms with Gasteiger partial charge in [0.05, 0.1) is 18.0 Å². The van der Waals surface area contributed by atoms with E-state index in [4.69, 9.17) is 21.4 Å². The van der Waals surface area contributed by atoms with E-state index >= 15 is 0 Å². The first-order valence-corrected chi connectivity index (χ1v) is 8.89. The summed E-state index contributed by atoms with van der Waals surface area (Å²) < 4.78 is 5.12. The lowest BCUT2D eigenvalue weighted by atomic mass is 10.0. The number of anilines is 1. The summed E-state index contributed by atoms with van der Waals surface area (Å²) in [5, 5.41) is 9.36. The van der Waals surface area contributed by atoms with Crippen LogP contribution in [0.1, 0.15) is 17.5 Å². The summed E-state index contributed by atoms with van der Waals surface area (Å²) in [6.45, 7) is -0.0773. The zero-order chi connectivity index (χ0) is 19.4. The maximum absolute atomic E-state index is 12.9. The fourth-order valence-electron chi connectivity index (χ4n) is 2.84. The second kappa shape index (κ2) is 8.33. The largest absolute Gasteiger partial charge is 0.464 e. The van der Waals surface area contributed by atoms with E-state index in [1.165, 1.54) is 4.90 Å². The highest BCUT2D eigenvalue weighted by atomic mass is 35.5. The summed E-state index contributed by atoms with van der Waals surface area (Å²) in [6, 6.07) is 13.1. The van der Waals surface area contributed by atoms with E-state index < -0.39 is 17.9 Å². The second-order valence-electron chi connectivity index (χ2n) is 6.05. The highest BCUT2D eigenvalue weighted by Gasteiger charge is 2.35. The number of aliphatic hydroxyl groups excluding tert-OH is 1. The third-order valence-electron chi connectivity index (χ3n) is 4.22. The van der Waals surface area contributed by atoms with Crippen molar-refractivity contribution in [3.8, 4) is 0 Å². The van der Waals surface area contributed by atoms with Crippen molar-refractivity contribution in [2.24, 2.45) is 4.99 Å². The number of hydrogen-bond donors (Lipinski definition) is 1. The Bertz CT molecular complexity index is 883. The van der Waals surface area contributed by atoms with Crippen LogP contribution in [0.4, 0.5) is 5.69 Å². The minimum absolute atomic E-state index is 0.0256. The lowest BCUT2D eigenvalue weighted by Gasteiger charge is -2.20. The molecule has 0 saturated carbocycles. The molecule has 0 fully saturated rings. The third kappa shape index (κ3) is 4.02. The van der Waals surface area contributed by atoms with Crippen LogP contribution in [0, 0.1) is 0 Å². The number of likely N-dealkylation sites (N-methyl/N-ethyl adjacent to an activating group) is 1. The Labute approximate surface area is 162 Å². The molecule has 7 heteroatoms. The van der Waals surface area contributed by atoms with Crippen LogP contribution in [0.2, 0.25) is 5.02 Å². The molecule has 140 valence electrons. The van der Waals surface area contributed by atoms with Gasteiger partial charge in [-0.15, -0.1) is 0 Å². The van der Waals surface area contributed by atoms with Crippen molar-refractivity contribution in [2.45, 2.75) is 12.5 Å². The summed E-state index contributed by atoms with van der Waals surface area (Å²) >= 11 is 6.18. The first-order valence-electron chi connectivity index (χ1n) is 8.51. The van der Waals surface area contributed by atoms with Crippen molar-refractivity contribution >= 4 is 34.9 Å². The molecule has 0 saturated heterocycles. The number of benzodiazepines with no additional fused rings is 1. The summed E-state index contributed by atoms with van der Waals surface area (Å²) in [5.74, 6) is -1.23. The van der Waals surface area contributed by atoms with E-state index in [0.29, 0.717) is 28.4 Å². The number of benzene rings is 2. The second-order valence-corrected chi connectivity index (χ2v) is 6.49. The number of aliphatic imine (C=N–C) groups is 1. The van der Waals surface area contributed by atoms with Gasteiger partial charge in [-0.05, 0) is 18.2 Å². The third-order valence-corrected chi connectivity index (χ3v) is 4.45. The highest BCUT2D eigenvalue weighted by molar-refractivity contribution is 6.32.